The Morgan fingerprint density at radius 2 is 2.00 bits per heavy atom. The first-order valence-electron chi connectivity index (χ1n) is 6.57. The Bertz CT molecular complexity index is 399. The molecule has 100 valence electrons. The van der Waals surface area contributed by atoms with Gasteiger partial charge >= 0.3 is 0 Å². The number of methoxy groups -OCH3 is 1. The van der Waals surface area contributed by atoms with Gasteiger partial charge in [0.05, 0.1) is 7.11 Å². The van der Waals surface area contributed by atoms with Gasteiger partial charge in [0, 0.05) is 10.4 Å². The van der Waals surface area contributed by atoms with E-state index < -0.39 is 0 Å². The zero-order chi connectivity index (χ0) is 13.0. The van der Waals surface area contributed by atoms with Gasteiger partial charge < -0.3 is 4.74 Å². The highest BCUT2D eigenvalue weighted by Crippen LogP contribution is 2.42. The number of halogens is 2. The predicted molar refractivity (Wildman–Crippen MR) is 81.0 cm³/mol. The summed E-state index contributed by atoms with van der Waals surface area (Å²) >= 11 is 9.83. The summed E-state index contributed by atoms with van der Waals surface area (Å²) in [6, 6.07) is 5.92. The van der Waals surface area contributed by atoms with E-state index in [1.54, 1.807) is 7.11 Å². The van der Waals surface area contributed by atoms with Crippen LogP contribution in [0.25, 0.3) is 0 Å². The van der Waals surface area contributed by atoms with E-state index in [4.69, 9.17) is 16.3 Å². The summed E-state index contributed by atoms with van der Waals surface area (Å²) in [6.45, 7) is 0. The van der Waals surface area contributed by atoms with E-state index in [2.05, 4.69) is 22.0 Å². The van der Waals surface area contributed by atoms with Gasteiger partial charge in [0.15, 0.2) is 0 Å². The fourth-order valence-corrected chi connectivity index (χ4v) is 3.90. The zero-order valence-corrected chi connectivity index (χ0v) is 13.2. The van der Waals surface area contributed by atoms with Crippen molar-refractivity contribution in [1.29, 1.82) is 0 Å². The van der Waals surface area contributed by atoms with Crippen LogP contribution in [-0.2, 0) is 6.42 Å². The lowest BCUT2D eigenvalue weighted by Crippen LogP contribution is -2.28. The Morgan fingerprint density at radius 3 is 2.61 bits per heavy atom. The van der Waals surface area contributed by atoms with Crippen LogP contribution in [0.5, 0.6) is 5.75 Å². The molecule has 0 heterocycles. The van der Waals surface area contributed by atoms with Gasteiger partial charge in [-0.25, -0.2) is 0 Å². The second-order valence-electron chi connectivity index (χ2n) is 5.33. The lowest BCUT2D eigenvalue weighted by atomic mass is 9.72. The Morgan fingerprint density at radius 1 is 1.28 bits per heavy atom. The Hall–Kier alpha value is -0.210. The molecule has 1 nitrogen and oxygen atoms in total. The van der Waals surface area contributed by atoms with E-state index in [-0.39, 0.29) is 0 Å². The number of hydrogen-bond acceptors (Lipinski definition) is 1. The molecule has 0 atom stereocenters. The first-order valence-corrected chi connectivity index (χ1v) is 8.07. The predicted octanol–water partition coefficient (Wildman–Crippen LogP) is 5.24. The van der Waals surface area contributed by atoms with Crippen LogP contribution >= 0.6 is 27.5 Å². The number of alkyl halides is 1. The third-order valence-corrected chi connectivity index (χ3v) is 5.43. The van der Waals surface area contributed by atoms with Crippen LogP contribution in [0.15, 0.2) is 18.2 Å². The average molecular weight is 332 g/mol. The minimum Gasteiger partial charge on any atom is -0.496 e. The van der Waals surface area contributed by atoms with Gasteiger partial charge in [-0.05, 0) is 48.4 Å². The van der Waals surface area contributed by atoms with E-state index >= 15 is 0 Å². The van der Waals surface area contributed by atoms with Gasteiger partial charge in [0.1, 0.15) is 5.75 Å². The molecule has 0 bridgehead atoms. The number of benzene rings is 1. The SMILES string of the molecule is COc1ccc(Cl)cc1CC1(CBr)CCCCC1. The van der Waals surface area contributed by atoms with Gasteiger partial charge in [0.25, 0.3) is 0 Å². The topological polar surface area (TPSA) is 9.23 Å². The second kappa shape index (κ2) is 6.29. The molecule has 0 aromatic heterocycles. The largest absolute Gasteiger partial charge is 0.496 e. The zero-order valence-electron chi connectivity index (χ0n) is 10.8. The normalized spacial score (nSPS) is 18.6. The molecule has 1 aliphatic rings. The molecule has 2 rings (SSSR count). The first kappa shape index (κ1) is 14.2. The van der Waals surface area contributed by atoms with Crippen molar-refractivity contribution in [1.82, 2.24) is 0 Å². The van der Waals surface area contributed by atoms with Crippen LogP contribution < -0.4 is 4.74 Å². The highest BCUT2D eigenvalue weighted by molar-refractivity contribution is 9.09. The Labute approximate surface area is 123 Å². The molecular weight excluding hydrogens is 312 g/mol. The Balaban J connectivity index is 2.23. The molecule has 1 fully saturated rings. The lowest BCUT2D eigenvalue weighted by Gasteiger charge is -2.36. The summed E-state index contributed by atoms with van der Waals surface area (Å²) in [6.07, 6.45) is 7.72. The molecule has 1 aliphatic carbocycles. The molecule has 0 spiro atoms. The number of rotatable bonds is 4. The molecule has 1 aromatic carbocycles. The molecule has 0 aliphatic heterocycles. The molecule has 3 heteroatoms. The molecule has 0 saturated heterocycles. The minimum atomic E-state index is 0.385. The van der Waals surface area contributed by atoms with Crippen LogP contribution in [0.4, 0.5) is 0 Å². The Kier molecular flexibility index (Phi) is 4.97. The third-order valence-electron chi connectivity index (χ3n) is 4.01. The fraction of sp³-hybridized carbons (Fsp3) is 0.600. The maximum atomic E-state index is 6.11. The summed E-state index contributed by atoms with van der Waals surface area (Å²) in [4.78, 5) is 0. The summed E-state index contributed by atoms with van der Waals surface area (Å²) in [5, 5.41) is 1.86. The van der Waals surface area contributed by atoms with Crippen molar-refractivity contribution >= 4 is 27.5 Å². The molecular formula is C15H20BrClO. The molecule has 0 amide bonds. The maximum Gasteiger partial charge on any atom is 0.122 e. The first-order chi connectivity index (χ1) is 8.69. The highest BCUT2D eigenvalue weighted by atomic mass is 79.9. The summed E-state index contributed by atoms with van der Waals surface area (Å²) in [5.74, 6) is 0.963. The second-order valence-corrected chi connectivity index (χ2v) is 6.32. The standard InChI is InChI=1S/C15H20BrClO/c1-18-14-6-5-13(17)9-12(14)10-15(11-16)7-3-2-4-8-15/h5-6,9H,2-4,7-8,10-11H2,1H3. The molecule has 1 saturated carbocycles. The maximum absolute atomic E-state index is 6.11. The van der Waals surface area contributed by atoms with Crippen molar-refractivity contribution in [3.05, 3.63) is 28.8 Å². The third kappa shape index (κ3) is 3.21. The van der Waals surface area contributed by atoms with E-state index in [0.29, 0.717) is 5.41 Å². The number of ether oxygens (including phenoxy) is 1. The van der Waals surface area contributed by atoms with E-state index in [1.165, 1.54) is 37.7 Å². The van der Waals surface area contributed by atoms with E-state index in [9.17, 15) is 0 Å². The minimum absolute atomic E-state index is 0.385. The molecule has 0 radical (unpaired) electrons. The van der Waals surface area contributed by atoms with Gasteiger partial charge in [-0.2, -0.15) is 0 Å². The highest BCUT2D eigenvalue weighted by Gasteiger charge is 2.32. The van der Waals surface area contributed by atoms with Crippen molar-refractivity contribution in [3.63, 3.8) is 0 Å². The lowest BCUT2D eigenvalue weighted by molar-refractivity contribution is 0.221. The van der Waals surface area contributed by atoms with Crippen LogP contribution in [0.2, 0.25) is 5.02 Å². The average Bonchev–Trinajstić information content (AvgIpc) is 2.40. The summed E-state index contributed by atoms with van der Waals surface area (Å²) in [5.41, 5.74) is 1.63. The van der Waals surface area contributed by atoms with Crippen molar-refractivity contribution in [2.45, 2.75) is 38.5 Å². The number of hydrogen-bond donors (Lipinski definition) is 0. The van der Waals surface area contributed by atoms with Crippen LogP contribution in [0, 0.1) is 5.41 Å². The smallest absolute Gasteiger partial charge is 0.122 e. The molecule has 0 N–H and O–H groups in total. The van der Waals surface area contributed by atoms with Gasteiger partial charge in [-0.1, -0.05) is 46.8 Å². The van der Waals surface area contributed by atoms with E-state index in [1.807, 2.05) is 12.1 Å². The van der Waals surface area contributed by atoms with E-state index in [0.717, 1.165) is 22.5 Å². The fourth-order valence-electron chi connectivity index (χ4n) is 2.95. The van der Waals surface area contributed by atoms with Crippen LogP contribution in [-0.4, -0.2) is 12.4 Å². The van der Waals surface area contributed by atoms with Crippen molar-refractivity contribution < 1.29 is 4.74 Å². The van der Waals surface area contributed by atoms with Crippen molar-refractivity contribution in [2.24, 2.45) is 5.41 Å². The monoisotopic (exact) mass is 330 g/mol. The van der Waals surface area contributed by atoms with Gasteiger partial charge in [0.2, 0.25) is 0 Å². The van der Waals surface area contributed by atoms with Gasteiger partial charge in [-0.15, -0.1) is 0 Å². The van der Waals surface area contributed by atoms with Crippen molar-refractivity contribution in [2.75, 3.05) is 12.4 Å². The van der Waals surface area contributed by atoms with Crippen LogP contribution in [0.1, 0.15) is 37.7 Å². The molecule has 1 aromatic rings. The van der Waals surface area contributed by atoms with Crippen LogP contribution in [0.3, 0.4) is 0 Å². The molecule has 0 unspecified atom stereocenters. The summed E-state index contributed by atoms with van der Waals surface area (Å²) in [7, 11) is 1.73. The molecule has 18 heavy (non-hydrogen) atoms. The van der Waals surface area contributed by atoms with Crippen molar-refractivity contribution in [3.8, 4) is 5.75 Å². The quantitative estimate of drug-likeness (QED) is 0.686. The van der Waals surface area contributed by atoms with Gasteiger partial charge in [-0.3, -0.25) is 0 Å². The summed E-state index contributed by atoms with van der Waals surface area (Å²) < 4.78 is 5.46.